The van der Waals surface area contributed by atoms with E-state index in [2.05, 4.69) is 0 Å². The molecule has 4 nitrogen and oxygen atoms in total. The molecule has 0 saturated carbocycles. The van der Waals surface area contributed by atoms with Crippen molar-refractivity contribution in [3.63, 3.8) is 0 Å². The first-order chi connectivity index (χ1) is 8.77. The van der Waals surface area contributed by atoms with Gasteiger partial charge in [-0.15, -0.1) is 0 Å². The van der Waals surface area contributed by atoms with Crippen molar-refractivity contribution in [1.29, 1.82) is 0 Å². The number of anilines is 1. The average Bonchev–Trinajstić information content (AvgIpc) is 2.72. The van der Waals surface area contributed by atoms with Gasteiger partial charge in [-0.1, -0.05) is 18.2 Å². The fourth-order valence-corrected chi connectivity index (χ4v) is 3.05. The largest absolute Gasteiger partial charge is 0.618 e. The summed E-state index contributed by atoms with van der Waals surface area (Å²) in [5.41, 5.74) is 2.67. The monoisotopic (exact) mass is 238 g/mol. The summed E-state index contributed by atoms with van der Waals surface area (Å²) in [5, 5.41) is 11.8. The van der Waals surface area contributed by atoms with E-state index in [0.29, 0.717) is 5.71 Å². The maximum absolute atomic E-state index is 12.1. The summed E-state index contributed by atoms with van der Waals surface area (Å²) < 4.78 is 0.850. The Labute approximate surface area is 104 Å². The van der Waals surface area contributed by atoms with Crippen LogP contribution >= 0.6 is 0 Å². The molecule has 1 aromatic carbocycles. The molecule has 3 aliphatic heterocycles. The predicted octanol–water partition coefficient (Wildman–Crippen LogP) is 1.53. The summed E-state index contributed by atoms with van der Waals surface area (Å²) in [6.07, 6.45) is 6.53. The Morgan fingerprint density at radius 1 is 1.22 bits per heavy atom. The molecular formula is C14H10N2O2. The van der Waals surface area contributed by atoms with Crippen molar-refractivity contribution >= 4 is 17.3 Å². The Kier molecular flexibility index (Phi) is 1.66. The number of fused-ring (bicyclic) bond motifs is 3. The number of rotatable bonds is 0. The van der Waals surface area contributed by atoms with Crippen LogP contribution in [0.25, 0.3) is 0 Å². The average molecular weight is 238 g/mol. The van der Waals surface area contributed by atoms with Crippen LogP contribution in [0, 0.1) is 5.21 Å². The quantitative estimate of drug-likeness (QED) is 0.508. The number of hydroxylamine groups is 1. The molecule has 2 unspecified atom stereocenters. The number of amides is 1. The molecule has 0 bridgehead atoms. The number of hydrogen-bond donors (Lipinski definition) is 0. The highest BCUT2D eigenvalue weighted by Gasteiger charge is 2.48. The zero-order valence-corrected chi connectivity index (χ0v) is 9.48. The molecule has 88 valence electrons. The smallest absolute Gasteiger partial charge is 0.252 e. The first-order valence-corrected chi connectivity index (χ1v) is 5.89. The molecular weight excluding hydrogens is 228 g/mol. The number of carbonyl (C=O) groups is 1. The lowest BCUT2D eigenvalue weighted by Crippen LogP contribution is -2.49. The first kappa shape index (κ1) is 9.65. The van der Waals surface area contributed by atoms with Crippen LogP contribution in [0.1, 0.15) is 11.5 Å². The highest BCUT2D eigenvalue weighted by atomic mass is 16.5. The van der Waals surface area contributed by atoms with E-state index in [1.54, 1.807) is 11.0 Å². The summed E-state index contributed by atoms with van der Waals surface area (Å²) in [4.78, 5) is 13.8. The predicted molar refractivity (Wildman–Crippen MR) is 67.4 cm³/mol. The zero-order valence-electron chi connectivity index (χ0n) is 9.48. The van der Waals surface area contributed by atoms with Gasteiger partial charge in [0, 0.05) is 23.8 Å². The minimum Gasteiger partial charge on any atom is -0.618 e. The number of nitrogens with zero attached hydrogens (tertiary/aromatic N) is 2. The number of para-hydroxylation sites is 1. The summed E-state index contributed by atoms with van der Waals surface area (Å²) in [6, 6.07) is 7.66. The Morgan fingerprint density at radius 2 is 2.06 bits per heavy atom. The minimum absolute atomic E-state index is 0.0533. The van der Waals surface area contributed by atoms with Gasteiger partial charge in [0.1, 0.15) is 6.04 Å². The topological polar surface area (TPSA) is 46.4 Å². The van der Waals surface area contributed by atoms with Gasteiger partial charge < -0.3 is 5.21 Å². The van der Waals surface area contributed by atoms with Crippen LogP contribution in [-0.4, -0.2) is 22.4 Å². The molecule has 0 saturated heterocycles. The van der Waals surface area contributed by atoms with Crippen molar-refractivity contribution in [2.24, 2.45) is 0 Å². The van der Waals surface area contributed by atoms with E-state index < -0.39 is 0 Å². The summed E-state index contributed by atoms with van der Waals surface area (Å²) in [6.45, 7) is 0. The van der Waals surface area contributed by atoms with Crippen LogP contribution in [0.3, 0.4) is 0 Å². The molecule has 4 heteroatoms. The molecule has 3 aliphatic rings. The van der Waals surface area contributed by atoms with E-state index >= 15 is 0 Å². The first-order valence-electron chi connectivity index (χ1n) is 5.89. The van der Waals surface area contributed by atoms with Crippen LogP contribution in [0.4, 0.5) is 5.69 Å². The lowest BCUT2D eigenvalue weighted by atomic mass is 9.89. The molecule has 1 aromatic rings. The maximum Gasteiger partial charge on any atom is 0.252 e. The van der Waals surface area contributed by atoms with E-state index in [9.17, 15) is 10.0 Å². The lowest BCUT2D eigenvalue weighted by Gasteiger charge is -2.30. The van der Waals surface area contributed by atoms with Gasteiger partial charge in [-0.25, -0.2) is 0 Å². The maximum atomic E-state index is 12.1. The molecule has 0 aliphatic carbocycles. The minimum atomic E-state index is -0.178. The fourth-order valence-electron chi connectivity index (χ4n) is 3.05. The Balaban J connectivity index is 2.02. The van der Waals surface area contributed by atoms with Crippen LogP contribution in [0.5, 0.6) is 0 Å². The second-order valence-electron chi connectivity index (χ2n) is 4.66. The molecule has 0 fully saturated rings. The van der Waals surface area contributed by atoms with E-state index in [1.807, 2.05) is 30.3 Å². The third-order valence-corrected chi connectivity index (χ3v) is 3.79. The van der Waals surface area contributed by atoms with Gasteiger partial charge in [-0.05, 0) is 17.7 Å². The van der Waals surface area contributed by atoms with Crippen LogP contribution in [0.15, 0.2) is 48.7 Å². The molecule has 0 radical (unpaired) electrons. The third kappa shape index (κ3) is 1.00. The Hall–Kier alpha value is -2.36. The van der Waals surface area contributed by atoms with Gasteiger partial charge in [0.05, 0.1) is 0 Å². The summed E-state index contributed by atoms with van der Waals surface area (Å²) in [7, 11) is 0. The van der Waals surface area contributed by atoms with E-state index in [0.717, 1.165) is 16.0 Å². The lowest BCUT2D eigenvalue weighted by molar-refractivity contribution is -0.382. The SMILES string of the molecule is O=C1C=CC2=[N+]([O-])C=CC3c4ccccc4N1C23. The molecule has 1 amide bonds. The zero-order chi connectivity index (χ0) is 12.3. The van der Waals surface area contributed by atoms with Crippen molar-refractivity contribution in [1.82, 2.24) is 0 Å². The van der Waals surface area contributed by atoms with Gasteiger partial charge in [0.2, 0.25) is 5.71 Å². The highest BCUT2D eigenvalue weighted by molar-refractivity contribution is 6.18. The third-order valence-electron chi connectivity index (χ3n) is 3.79. The highest BCUT2D eigenvalue weighted by Crippen LogP contribution is 2.44. The molecule has 2 atom stereocenters. The number of benzene rings is 1. The summed E-state index contributed by atoms with van der Waals surface area (Å²) >= 11 is 0. The number of carbonyl (C=O) groups excluding carboxylic acids is 1. The molecule has 18 heavy (non-hydrogen) atoms. The van der Waals surface area contributed by atoms with E-state index in [4.69, 9.17) is 0 Å². The Morgan fingerprint density at radius 3 is 2.94 bits per heavy atom. The molecule has 0 aromatic heterocycles. The molecule has 4 rings (SSSR count). The second kappa shape index (κ2) is 3.10. The van der Waals surface area contributed by atoms with Crippen molar-refractivity contribution in [2.45, 2.75) is 12.0 Å². The normalized spacial score (nSPS) is 27.6. The summed E-state index contributed by atoms with van der Waals surface area (Å²) in [5.74, 6) is 0.0395. The van der Waals surface area contributed by atoms with Crippen molar-refractivity contribution in [3.05, 3.63) is 59.5 Å². The second-order valence-corrected chi connectivity index (χ2v) is 4.66. The van der Waals surface area contributed by atoms with Gasteiger partial charge in [0.25, 0.3) is 5.91 Å². The molecule has 0 spiro atoms. The molecule has 0 N–H and O–H groups in total. The van der Waals surface area contributed by atoms with Gasteiger partial charge in [-0.3, -0.25) is 9.69 Å². The van der Waals surface area contributed by atoms with Crippen LogP contribution < -0.4 is 4.90 Å². The van der Waals surface area contributed by atoms with Crippen molar-refractivity contribution < 1.29 is 9.53 Å². The number of hydrogen-bond acceptors (Lipinski definition) is 2. The van der Waals surface area contributed by atoms with Crippen molar-refractivity contribution in [2.75, 3.05) is 4.90 Å². The van der Waals surface area contributed by atoms with Crippen molar-refractivity contribution in [3.8, 4) is 0 Å². The molecule has 3 heterocycles. The standard InChI is InChI=1S/C14H10N2O2/c17-13-6-5-12-14-10(7-8-15(12)18)9-3-1-2-4-11(9)16(13)14/h1-8,10,14H. The van der Waals surface area contributed by atoms with Crippen LogP contribution in [-0.2, 0) is 4.79 Å². The Bertz CT molecular complexity index is 658. The van der Waals surface area contributed by atoms with Gasteiger partial charge >= 0.3 is 0 Å². The van der Waals surface area contributed by atoms with E-state index in [1.165, 1.54) is 12.3 Å². The van der Waals surface area contributed by atoms with E-state index in [-0.39, 0.29) is 17.9 Å². The van der Waals surface area contributed by atoms with Crippen LogP contribution in [0.2, 0.25) is 0 Å². The fraction of sp³-hybridized carbons (Fsp3) is 0.143. The van der Waals surface area contributed by atoms with Gasteiger partial charge in [0.15, 0.2) is 6.20 Å². The van der Waals surface area contributed by atoms with Gasteiger partial charge in [-0.2, -0.15) is 4.74 Å².